The molecule has 1 heterocycles. The van der Waals surface area contributed by atoms with Crippen molar-refractivity contribution in [1.29, 1.82) is 0 Å². The molecule has 0 spiro atoms. The van der Waals surface area contributed by atoms with E-state index in [1.54, 1.807) is 6.92 Å². The number of urea groups is 1. The Kier molecular flexibility index (Phi) is 4.93. The van der Waals surface area contributed by atoms with Crippen LogP contribution in [0.3, 0.4) is 0 Å². The van der Waals surface area contributed by atoms with Gasteiger partial charge in [0.2, 0.25) is 11.1 Å². The molecule has 3 N–H and O–H groups in total. The zero-order chi connectivity index (χ0) is 14.6. The minimum absolute atomic E-state index is 0.126. The van der Waals surface area contributed by atoms with Crippen LogP contribution in [0.1, 0.15) is 33.5 Å². The van der Waals surface area contributed by atoms with E-state index in [0.717, 1.165) is 5.82 Å². The second-order valence-electron chi connectivity index (χ2n) is 5.05. The molecule has 0 saturated heterocycles. The first-order valence-corrected chi connectivity index (χ1v) is 6.74. The Hall–Kier alpha value is -1.57. The molecule has 1 aromatic heterocycles. The van der Waals surface area contributed by atoms with Crippen LogP contribution < -0.4 is 10.6 Å². The highest BCUT2D eigenvalue weighted by Crippen LogP contribution is 2.23. The zero-order valence-electron chi connectivity index (χ0n) is 11.7. The monoisotopic (exact) mass is 285 g/mol. The molecule has 0 aromatic carbocycles. The van der Waals surface area contributed by atoms with E-state index in [0.29, 0.717) is 5.16 Å². The lowest BCUT2D eigenvalue weighted by molar-refractivity contribution is -0.119. The lowest BCUT2D eigenvalue weighted by atomic mass is 9.96. The topological polar surface area (TPSA) is 99.8 Å². The van der Waals surface area contributed by atoms with Crippen molar-refractivity contribution in [2.24, 2.45) is 0 Å². The third-order valence-corrected chi connectivity index (χ3v) is 3.25. The van der Waals surface area contributed by atoms with Crippen LogP contribution in [0.15, 0.2) is 5.16 Å². The van der Waals surface area contributed by atoms with Crippen molar-refractivity contribution in [2.45, 2.75) is 43.5 Å². The third-order valence-electron chi connectivity index (χ3n) is 2.29. The van der Waals surface area contributed by atoms with Gasteiger partial charge in [0, 0.05) is 12.5 Å². The van der Waals surface area contributed by atoms with E-state index in [1.807, 2.05) is 20.8 Å². The largest absolute Gasteiger partial charge is 0.341 e. The van der Waals surface area contributed by atoms with Crippen molar-refractivity contribution >= 4 is 23.7 Å². The van der Waals surface area contributed by atoms with Crippen LogP contribution in [-0.2, 0) is 10.2 Å². The second-order valence-corrected chi connectivity index (χ2v) is 6.35. The summed E-state index contributed by atoms with van der Waals surface area (Å²) < 4.78 is 0. The van der Waals surface area contributed by atoms with Crippen LogP contribution in [-0.4, -0.2) is 39.4 Å². The van der Waals surface area contributed by atoms with E-state index >= 15 is 0 Å². The Morgan fingerprint density at radius 1 is 1.37 bits per heavy atom. The van der Waals surface area contributed by atoms with Crippen molar-refractivity contribution in [3.63, 3.8) is 0 Å². The molecule has 19 heavy (non-hydrogen) atoms. The minimum atomic E-state index is -0.525. The SMILES string of the molecule is CNC(=O)NC(=O)C(C)Sc1n[nH]c(C(C)(C)C)n1. The van der Waals surface area contributed by atoms with Gasteiger partial charge in [-0.1, -0.05) is 32.5 Å². The van der Waals surface area contributed by atoms with E-state index in [2.05, 4.69) is 25.8 Å². The summed E-state index contributed by atoms with van der Waals surface area (Å²) >= 11 is 1.20. The van der Waals surface area contributed by atoms with Gasteiger partial charge in [0.25, 0.3) is 0 Å². The summed E-state index contributed by atoms with van der Waals surface area (Å²) in [5.41, 5.74) is -0.126. The molecule has 0 saturated carbocycles. The fourth-order valence-corrected chi connectivity index (χ4v) is 1.85. The first-order valence-electron chi connectivity index (χ1n) is 5.86. The van der Waals surface area contributed by atoms with Gasteiger partial charge >= 0.3 is 6.03 Å². The maximum atomic E-state index is 11.7. The van der Waals surface area contributed by atoms with Gasteiger partial charge in [0.15, 0.2) is 0 Å². The van der Waals surface area contributed by atoms with Gasteiger partial charge in [-0.25, -0.2) is 9.78 Å². The second kappa shape index (κ2) is 6.05. The van der Waals surface area contributed by atoms with E-state index in [4.69, 9.17) is 0 Å². The number of nitrogens with one attached hydrogen (secondary N) is 3. The number of imide groups is 1. The number of carbonyl (C=O) groups is 2. The van der Waals surface area contributed by atoms with Crippen LogP contribution in [0.4, 0.5) is 4.79 Å². The molecule has 1 unspecified atom stereocenters. The Morgan fingerprint density at radius 2 is 2.00 bits per heavy atom. The van der Waals surface area contributed by atoms with E-state index in [-0.39, 0.29) is 11.3 Å². The van der Waals surface area contributed by atoms with Crippen molar-refractivity contribution in [3.8, 4) is 0 Å². The fourth-order valence-electron chi connectivity index (χ4n) is 1.12. The molecule has 3 amide bonds. The average Bonchev–Trinajstić information content (AvgIpc) is 2.76. The summed E-state index contributed by atoms with van der Waals surface area (Å²) in [6, 6.07) is -0.525. The van der Waals surface area contributed by atoms with Crippen molar-refractivity contribution in [2.75, 3.05) is 7.05 Å². The highest BCUT2D eigenvalue weighted by molar-refractivity contribution is 8.00. The smallest absolute Gasteiger partial charge is 0.321 e. The molecule has 0 fully saturated rings. The molecule has 0 aliphatic heterocycles. The summed E-state index contributed by atoms with van der Waals surface area (Å²) in [5, 5.41) is 11.5. The molecule has 0 aliphatic rings. The lowest BCUT2D eigenvalue weighted by Crippen LogP contribution is -2.41. The number of H-pyrrole nitrogens is 1. The minimum Gasteiger partial charge on any atom is -0.341 e. The number of carbonyl (C=O) groups excluding carboxylic acids is 2. The predicted molar refractivity (Wildman–Crippen MR) is 73.0 cm³/mol. The highest BCUT2D eigenvalue weighted by Gasteiger charge is 2.22. The maximum absolute atomic E-state index is 11.7. The van der Waals surface area contributed by atoms with E-state index < -0.39 is 11.3 Å². The van der Waals surface area contributed by atoms with Crippen LogP contribution in [0.2, 0.25) is 0 Å². The molecule has 0 aliphatic carbocycles. The zero-order valence-corrected chi connectivity index (χ0v) is 12.5. The lowest BCUT2D eigenvalue weighted by Gasteiger charge is -2.13. The summed E-state index contributed by atoms with van der Waals surface area (Å²) in [6.07, 6.45) is 0. The number of rotatable bonds is 3. The van der Waals surface area contributed by atoms with Gasteiger partial charge in [-0.05, 0) is 6.92 Å². The van der Waals surface area contributed by atoms with Crippen LogP contribution in [0, 0.1) is 0 Å². The average molecular weight is 285 g/mol. The molecule has 0 radical (unpaired) electrons. The number of hydrogen-bond donors (Lipinski definition) is 3. The third kappa shape index (κ3) is 4.55. The summed E-state index contributed by atoms with van der Waals surface area (Å²) in [6.45, 7) is 7.74. The summed E-state index contributed by atoms with van der Waals surface area (Å²) in [5.74, 6) is 0.375. The summed E-state index contributed by atoms with van der Waals surface area (Å²) in [4.78, 5) is 27.0. The van der Waals surface area contributed by atoms with Crippen molar-refractivity contribution in [1.82, 2.24) is 25.8 Å². The van der Waals surface area contributed by atoms with Gasteiger partial charge in [-0.2, -0.15) is 0 Å². The highest BCUT2D eigenvalue weighted by atomic mass is 32.2. The summed E-state index contributed by atoms with van der Waals surface area (Å²) in [7, 11) is 1.45. The van der Waals surface area contributed by atoms with E-state index in [9.17, 15) is 9.59 Å². The Morgan fingerprint density at radius 3 is 2.47 bits per heavy atom. The van der Waals surface area contributed by atoms with Gasteiger partial charge in [0.05, 0.1) is 5.25 Å². The molecule has 1 rings (SSSR count). The van der Waals surface area contributed by atoms with Gasteiger partial charge < -0.3 is 5.32 Å². The molecule has 1 aromatic rings. The first-order chi connectivity index (χ1) is 8.74. The normalized spacial score (nSPS) is 12.9. The Bertz CT molecular complexity index is 466. The number of hydrogen-bond acceptors (Lipinski definition) is 5. The number of aromatic amines is 1. The standard InChI is InChI=1S/C11H19N5O2S/c1-6(7(17)13-9(18)12-5)19-10-14-8(15-16-10)11(2,3)4/h6H,1-5H3,(H,14,15,16)(H2,12,13,17,18). The van der Waals surface area contributed by atoms with Gasteiger partial charge in [0.1, 0.15) is 5.82 Å². The van der Waals surface area contributed by atoms with Crippen molar-refractivity contribution in [3.05, 3.63) is 5.82 Å². The number of thioether (sulfide) groups is 1. The molecule has 8 heteroatoms. The molecular weight excluding hydrogens is 266 g/mol. The Balaban J connectivity index is 2.62. The first kappa shape index (κ1) is 15.5. The quantitative estimate of drug-likeness (QED) is 0.720. The fraction of sp³-hybridized carbons (Fsp3) is 0.636. The van der Waals surface area contributed by atoms with Crippen molar-refractivity contribution < 1.29 is 9.59 Å². The molecule has 106 valence electrons. The van der Waals surface area contributed by atoms with Crippen LogP contribution >= 0.6 is 11.8 Å². The van der Waals surface area contributed by atoms with Gasteiger partial charge in [-0.15, -0.1) is 5.10 Å². The predicted octanol–water partition coefficient (Wildman–Crippen LogP) is 1.04. The van der Waals surface area contributed by atoms with E-state index in [1.165, 1.54) is 18.8 Å². The van der Waals surface area contributed by atoms with Crippen LogP contribution in [0.5, 0.6) is 0 Å². The number of amides is 3. The number of aromatic nitrogens is 3. The molecule has 1 atom stereocenters. The molecule has 7 nitrogen and oxygen atoms in total. The maximum Gasteiger partial charge on any atom is 0.321 e. The molecular formula is C11H19N5O2S. The Labute approximate surface area is 116 Å². The van der Waals surface area contributed by atoms with Gasteiger partial charge in [-0.3, -0.25) is 15.2 Å². The van der Waals surface area contributed by atoms with Crippen LogP contribution in [0.25, 0.3) is 0 Å². The number of nitrogens with zero attached hydrogens (tertiary/aromatic N) is 2. The molecule has 0 bridgehead atoms.